The van der Waals surface area contributed by atoms with E-state index in [2.05, 4.69) is 57.6 Å². The number of carbonyl (C=O) groups excluding carboxylic acids is 2. The van der Waals surface area contributed by atoms with E-state index in [0.717, 1.165) is 44.7 Å². The van der Waals surface area contributed by atoms with Crippen LogP contribution in [-0.4, -0.2) is 75.0 Å². The number of rotatable bonds is 5. The van der Waals surface area contributed by atoms with Crippen molar-refractivity contribution in [2.75, 3.05) is 63.6 Å². The number of anilines is 2. The number of halogens is 1. The summed E-state index contributed by atoms with van der Waals surface area (Å²) in [5.74, 6) is -1.86. The van der Waals surface area contributed by atoms with E-state index in [-0.39, 0.29) is 6.04 Å². The second-order valence-corrected chi connectivity index (χ2v) is 8.59. The number of amides is 2. The number of hydrogen-bond acceptors (Lipinski definition) is 5. The molecule has 1 unspecified atom stereocenters. The number of carbonyl (C=O) groups is 2. The molecule has 2 N–H and O–H groups in total. The Morgan fingerprint density at radius 3 is 2.41 bits per heavy atom. The van der Waals surface area contributed by atoms with Gasteiger partial charge in [0.25, 0.3) is 0 Å². The van der Waals surface area contributed by atoms with Crippen LogP contribution in [0.5, 0.6) is 0 Å². The topological polar surface area (TPSA) is 67.9 Å². The summed E-state index contributed by atoms with van der Waals surface area (Å²) in [5.41, 5.74) is 4.12. The zero-order chi connectivity index (χ0) is 22.7. The van der Waals surface area contributed by atoms with Crippen LogP contribution < -0.4 is 15.5 Å². The molecule has 0 radical (unpaired) electrons. The van der Waals surface area contributed by atoms with Gasteiger partial charge in [-0.2, -0.15) is 0 Å². The van der Waals surface area contributed by atoms with Crippen LogP contribution in [0, 0.1) is 5.82 Å². The lowest BCUT2D eigenvalue weighted by Gasteiger charge is -2.38. The lowest BCUT2D eigenvalue weighted by molar-refractivity contribution is -0.136. The van der Waals surface area contributed by atoms with E-state index in [0.29, 0.717) is 12.2 Å². The lowest BCUT2D eigenvalue weighted by atomic mass is 10.00. The molecule has 2 heterocycles. The molecule has 2 aliphatic heterocycles. The summed E-state index contributed by atoms with van der Waals surface area (Å²) in [4.78, 5) is 31.7. The highest BCUT2D eigenvalue weighted by atomic mass is 19.1. The van der Waals surface area contributed by atoms with E-state index >= 15 is 0 Å². The predicted molar refractivity (Wildman–Crippen MR) is 123 cm³/mol. The fourth-order valence-corrected chi connectivity index (χ4v) is 4.38. The van der Waals surface area contributed by atoms with Crippen molar-refractivity contribution in [3.8, 4) is 0 Å². The van der Waals surface area contributed by atoms with Crippen molar-refractivity contribution < 1.29 is 14.0 Å². The zero-order valence-corrected chi connectivity index (χ0v) is 18.6. The summed E-state index contributed by atoms with van der Waals surface area (Å²) in [6.07, 6.45) is 1.02. The first-order chi connectivity index (χ1) is 15.4. The Morgan fingerprint density at radius 2 is 1.69 bits per heavy atom. The van der Waals surface area contributed by atoms with Crippen LogP contribution in [0.2, 0.25) is 0 Å². The second kappa shape index (κ2) is 9.67. The van der Waals surface area contributed by atoms with Gasteiger partial charge in [-0.3, -0.25) is 14.5 Å². The molecular weight excluding hydrogens is 409 g/mol. The Bertz CT molecular complexity index is 973. The van der Waals surface area contributed by atoms with Crippen molar-refractivity contribution in [2.24, 2.45) is 0 Å². The number of fused-ring (bicyclic) bond motifs is 1. The maximum Gasteiger partial charge on any atom is 0.313 e. The number of hydrogen-bond donors (Lipinski definition) is 2. The SMILES string of the molecule is CN1CCN(C(CNC(=O)C(=O)Nc2ccc(F)cc2)c2ccc3c(c2)CCN3C)CC1. The predicted octanol–water partition coefficient (Wildman–Crippen LogP) is 1.86. The zero-order valence-electron chi connectivity index (χ0n) is 18.6. The molecule has 8 heteroatoms. The average Bonchev–Trinajstić information content (AvgIpc) is 3.16. The van der Waals surface area contributed by atoms with Crippen LogP contribution in [0.1, 0.15) is 17.2 Å². The number of likely N-dealkylation sites (N-methyl/N-ethyl adjacent to an activating group) is 2. The van der Waals surface area contributed by atoms with Gasteiger partial charge in [0.15, 0.2) is 0 Å². The first-order valence-electron chi connectivity index (χ1n) is 11.0. The molecule has 0 aliphatic carbocycles. The minimum Gasteiger partial charge on any atom is -0.374 e. The Morgan fingerprint density at radius 1 is 0.969 bits per heavy atom. The van der Waals surface area contributed by atoms with Crippen LogP contribution in [0.4, 0.5) is 15.8 Å². The third-order valence-corrected chi connectivity index (χ3v) is 6.36. The third kappa shape index (κ3) is 5.08. The van der Waals surface area contributed by atoms with Gasteiger partial charge in [0.1, 0.15) is 5.82 Å². The van der Waals surface area contributed by atoms with Gasteiger partial charge in [-0.1, -0.05) is 12.1 Å². The van der Waals surface area contributed by atoms with Gasteiger partial charge in [-0.15, -0.1) is 0 Å². The first-order valence-corrected chi connectivity index (χ1v) is 11.0. The van der Waals surface area contributed by atoms with Crippen molar-refractivity contribution in [3.63, 3.8) is 0 Å². The van der Waals surface area contributed by atoms with E-state index in [1.165, 1.54) is 35.5 Å². The highest BCUT2D eigenvalue weighted by Gasteiger charge is 2.27. The molecule has 2 amide bonds. The van der Waals surface area contributed by atoms with Crippen LogP contribution in [0.25, 0.3) is 0 Å². The maximum atomic E-state index is 13.1. The standard InChI is InChI=1S/C24H30FN5O2/c1-28-11-13-30(14-12-28)22(17-3-8-21-18(15-17)9-10-29(21)2)16-26-23(31)24(32)27-20-6-4-19(25)5-7-20/h3-8,15,22H,9-14,16H2,1-2H3,(H,26,31)(H,27,32). The summed E-state index contributed by atoms with van der Waals surface area (Å²) in [5, 5.41) is 5.32. The monoisotopic (exact) mass is 439 g/mol. The van der Waals surface area contributed by atoms with E-state index in [1.54, 1.807) is 0 Å². The van der Waals surface area contributed by atoms with Crippen LogP contribution in [0.3, 0.4) is 0 Å². The molecule has 2 aromatic rings. The normalized spacial score (nSPS) is 17.7. The fraction of sp³-hybridized carbons (Fsp3) is 0.417. The summed E-state index contributed by atoms with van der Waals surface area (Å²) >= 11 is 0. The summed E-state index contributed by atoms with van der Waals surface area (Å²) in [7, 11) is 4.21. The molecule has 32 heavy (non-hydrogen) atoms. The lowest BCUT2D eigenvalue weighted by Crippen LogP contribution is -2.49. The van der Waals surface area contributed by atoms with Crippen LogP contribution in [0.15, 0.2) is 42.5 Å². The molecule has 1 fully saturated rings. The van der Waals surface area contributed by atoms with Crippen molar-refractivity contribution in [3.05, 3.63) is 59.4 Å². The van der Waals surface area contributed by atoms with E-state index in [1.807, 2.05) is 0 Å². The Labute approximate surface area is 188 Å². The molecule has 7 nitrogen and oxygen atoms in total. The van der Waals surface area contributed by atoms with E-state index in [4.69, 9.17) is 0 Å². The number of benzene rings is 2. The molecule has 170 valence electrons. The Balaban J connectivity index is 1.45. The molecule has 0 saturated carbocycles. The largest absolute Gasteiger partial charge is 0.374 e. The van der Waals surface area contributed by atoms with Crippen LogP contribution in [-0.2, 0) is 16.0 Å². The van der Waals surface area contributed by atoms with E-state index < -0.39 is 17.6 Å². The van der Waals surface area contributed by atoms with Crippen molar-refractivity contribution in [1.29, 1.82) is 0 Å². The van der Waals surface area contributed by atoms with Gasteiger partial charge in [0.05, 0.1) is 6.04 Å². The third-order valence-electron chi connectivity index (χ3n) is 6.36. The molecule has 1 atom stereocenters. The Kier molecular flexibility index (Phi) is 6.72. The quantitative estimate of drug-likeness (QED) is 0.697. The molecule has 1 saturated heterocycles. The molecule has 0 spiro atoms. The second-order valence-electron chi connectivity index (χ2n) is 8.59. The minimum absolute atomic E-state index is 0.0116. The number of nitrogens with one attached hydrogen (secondary N) is 2. The summed E-state index contributed by atoms with van der Waals surface area (Å²) in [6.45, 7) is 5.07. The summed E-state index contributed by atoms with van der Waals surface area (Å²) in [6, 6.07) is 11.8. The van der Waals surface area contributed by atoms with Crippen molar-refractivity contribution in [1.82, 2.24) is 15.1 Å². The van der Waals surface area contributed by atoms with Crippen molar-refractivity contribution >= 4 is 23.2 Å². The first kappa shape index (κ1) is 22.2. The van der Waals surface area contributed by atoms with Crippen molar-refractivity contribution in [2.45, 2.75) is 12.5 Å². The van der Waals surface area contributed by atoms with Gasteiger partial charge in [-0.25, -0.2) is 4.39 Å². The number of nitrogens with zero attached hydrogens (tertiary/aromatic N) is 3. The van der Waals surface area contributed by atoms with Gasteiger partial charge < -0.3 is 20.4 Å². The fourth-order valence-electron chi connectivity index (χ4n) is 4.38. The molecular formula is C24H30FN5O2. The maximum absolute atomic E-state index is 13.1. The van der Waals surface area contributed by atoms with E-state index in [9.17, 15) is 14.0 Å². The van der Waals surface area contributed by atoms with Gasteiger partial charge in [0.2, 0.25) is 0 Å². The summed E-state index contributed by atoms with van der Waals surface area (Å²) < 4.78 is 13.1. The Hall–Kier alpha value is -2.97. The van der Waals surface area contributed by atoms with Crippen LogP contribution >= 0.6 is 0 Å². The van der Waals surface area contributed by atoms with Gasteiger partial charge in [-0.05, 0) is 54.9 Å². The average molecular weight is 440 g/mol. The molecule has 2 aromatic carbocycles. The smallest absolute Gasteiger partial charge is 0.313 e. The molecule has 0 aromatic heterocycles. The number of piperazine rings is 1. The molecule has 2 aliphatic rings. The molecule has 0 bridgehead atoms. The minimum atomic E-state index is -0.760. The highest BCUT2D eigenvalue weighted by molar-refractivity contribution is 6.39. The van der Waals surface area contributed by atoms with Gasteiger partial charge >= 0.3 is 11.8 Å². The molecule has 4 rings (SSSR count). The highest BCUT2D eigenvalue weighted by Crippen LogP contribution is 2.31. The van der Waals surface area contributed by atoms with Gasteiger partial charge in [0, 0.05) is 57.7 Å².